The van der Waals surface area contributed by atoms with Gasteiger partial charge in [0.25, 0.3) is 11.5 Å². The van der Waals surface area contributed by atoms with Gasteiger partial charge in [0.05, 0.1) is 30.1 Å². The van der Waals surface area contributed by atoms with Gasteiger partial charge in [-0.15, -0.1) is 5.10 Å². The Morgan fingerprint density at radius 1 is 1.08 bits per heavy atom. The number of fused-ring (bicyclic) bond motifs is 1. The van der Waals surface area contributed by atoms with E-state index in [-0.39, 0.29) is 35.8 Å². The molecule has 0 spiro atoms. The van der Waals surface area contributed by atoms with Crippen molar-refractivity contribution in [1.82, 2.24) is 24.5 Å². The van der Waals surface area contributed by atoms with Crippen molar-refractivity contribution < 1.29 is 14.3 Å². The summed E-state index contributed by atoms with van der Waals surface area (Å²) in [6, 6.07) is 5.50. The van der Waals surface area contributed by atoms with Gasteiger partial charge in [0, 0.05) is 39.6 Å². The van der Waals surface area contributed by atoms with Crippen LogP contribution in [0, 0.1) is 0 Å². The molecule has 192 valence electrons. The van der Waals surface area contributed by atoms with Crippen LogP contribution in [0.15, 0.2) is 35.4 Å². The maximum atomic E-state index is 13.3. The molecular weight excluding hydrogens is 462 g/mol. The third-order valence-electron chi connectivity index (χ3n) is 7.41. The molecule has 2 saturated carbocycles. The minimum atomic E-state index is -0.269. The second kappa shape index (κ2) is 10.3. The quantitative estimate of drug-likeness (QED) is 0.436. The highest BCUT2D eigenvalue weighted by atomic mass is 16.5. The molecule has 0 unspecified atom stereocenters. The third kappa shape index (κ3) is 4.56. The van der Waals surface area contributed by atoms with Crippen molar-refractivity contribution in [2.45, 2.75) is 62.8 Å². The van der Waals surface area contributed by atoms with Crippen molar-refractivity contribution in [2.75, 3.05) is 31.9 Å². The van der Waals surface area contributed by atoms with Crippen LogP contribution < -0.4 is 21.5 Å². The van der Waals surface area contributed by atoms with Crippen LogP contribution in [0.4, 0.5) is 17.2 Å². The highest BCUT2D eigenvalue weighted by Gasteiger charge is 2.33. The molecule has 3 aromatic heterocycles. The fraction of sp³-hybridized carbons (Fsp3) is 0.520. The monoisotopic (exact) mass is 495 g/mol. The fourth-order valence-electron chi connectivity index (χ4n) is 5.12. The van der Waals surface area contributed by atoms with Gasteiger partial charge in [-0.05, 0) is 50.7 Å². The Morgan fingerprint density at radius 3 is 2.56 bits per heavy atom. The Bertz CT molecular complexity index is 1290. The molecule has 0 aromatic carbocycles. The number of nitrogens with one attached hydrogen (secondary N) is 3. The Labute approximate surface area is 209 Å². The van der Waals surface area contributed by atoms with Gasteiger partial charge in [0.1, 0.15) is 5.69 Å². The molecule has 0 bridgehead atoms. The lowest BCUT2D eigenvalue weighted by molar-refractivity contribution is 0.00718. The summed E-state index contributed by atoms with van der Waals surface area (Å²) < 4.78 is 14.2. The Morgan fingerprint density at radius 2 is 1.89 bits per heavy atom. The van der Waals surface area contributed by atoms with Crippen molar-refractivity contribution in [2.24, 2.45) is 0 Å². The van der Waals surface area contributed by atoms with Crippen LogP contribution in [-0.4, -0.2) is 64.6 Å². The molecule has 5 rings (SSSR count). The summed E-state index contributed by atoms with van der Waals surface area (Å²) in [6.07, 6.45) is 9.10. The normalized spacial score (nSPS) is 23.8. The molecule has 1 amide bonds. The number of aromatic nitrogens is 4. The van der Waals surface area contributed by atoms with Gasteiger partial charge in [0.2, 0.25) is 0 Å². The number of imidazole rings is 1. The van der Waals surface area contributed by atoms with Gasteiger partial charge >= 0.3 is 0 Å². The highest BCUT2D eigenvalue weighted by Crippen LogP contribution is 2.29. The van der Waals surface area contributed by atoms with Gasteiger partial charge in [0.15, 0.2) is 17.2 Å². The van der Waals surface area contributed by atoms with E-state index in [9.17, 15) is 9.59 Å². The van der Waals surface area contributed by atoms with E-state index in [4.69, 9.17) is 9.47 Å². The number of pyridine rings is 1. The molecule has 11 nitrogen and oxygen atoms in total. The first-order valence-electron chi connectivity index (χ1n) is 12.4. The number of carbonyl (C=O) groups is 1. The van der Waals surface area contributed by atoms with E-state index in [0.717, 1.165) is 38.5 Å². The van der Waals surface area contributed by atoms with E-state index in [0.29, 0.717) is 28.5 Å². The Kier molecular flexibility index (Phi) is 6.92. The fourth-order valence-corrected chi connectivity index (χ4v) is 5.12. The van der Waals surface area contributed by atoms with E-state index in [1.807, 2.05) is 12.3 Å². The predicted octanol–water partition coefficient (Wildman–Crippen LogP) is 2.71. The van der Waals surface area contributed by atoms with Gasteiger partial charge in [-0.25, -0.2) is 9.50 Å². The number of ether oxygens (including phenoxy) is 2. The second-order valence-corrected chi connectivity index (χ2v) is 9.43. The van der Waals surface area contributed by atoms with Crippen LogP contribution in [0.2, 0.25) is 0 Å². The zero-order valence-corrected chi connectivity index (χ0v) is 20.9. The van der Waals surface area contributed by atoms with Crippen LogP contribution in [-0.2, 0) is 9.47 Å². The molecule has 0 saturated heterocycles. The lowest BCUT2D eigenvalue weighted by Gasteiger charge is -2.35. The largest absolute Gasteiger partial charge is 0.385 e. The molecular formula is C25H33N7O4. The molecule has 3 heterocycles. The number of carbonyl (C=O) groups excluding carboxylic acids is 1. The van der Waals surface area contributed by atoms with Crippen LogP contribution in [0.1, 0.15) is 55.1 Å². The lowest BCUT2D eigenvalue weighted by Crippen LogP contribution is -2.51. The van der Waals surface area contributed by atoms with Crippen molar-refractivity contribution in [3.63, 3.8) is 0 Å². The molecule has 3 aromatic rings. The first kappa shape index (κ1) is 24.3. The van der Waals surface area contributed by atoms with Gasteiger partial charge in [-0.2, -0.15) is 0 Å². The molecule has 2 fully saturated rings. The number of anilines is 3. The van der Waals surface area contributed by atoms with Gasteiger partial charge in [-0.3, -0.25) is 9.59 Å². The van der Waals surface area contributed by atoms with Crippen LogP contribution in [0.25, 0.3) is 5.65 Å². The Hall–Kier alpha value is -3.44. The Balaban J connectivity index is 1.41. The SMILES string of the molecule is CNc1cc(Nc2cccn(C3CCC(OC)CC3)c2=O)nn2c(C(=O)N[C@H]3CC[C@@H]3OC)cnc12. The summed E-state index contributed by atoms with van der Waals surface area (Å²) >= 11 is 0. The van der Waals surface area contributed by atoms with E-state index < -0.39 is 0 Å². The summed E-state index contributed by atoms with van der Waals surface area (Å²) in [5, 5.41) is 13.9. The third-order valence-corrected chi connectivity index (χ3v) is 7.41. The van der Waals surface area contributed by atoms with Gasteiger partial charge < -0.3 is 30.0 Å². The first-order valence-corrected chi connectivity index (χ1v) is 12.4. The van der Waals surface area contributed by atoms with Crippen molar-refractivity contribution in [3.8, 4) is 0 Å². The van der Waals surface area contributed by atoms with Crippen molar-refractivity contribution >= 4 is 28.7 Å². The highest BCUT2D eigenvalue weighted by molar-refractivity contribution is 5.94. The summed E-state index contributed by atoms with van der Waals surface area (Å²) in [5.41, 5.74) is 1.83. The predicted molar refractivity (Wildman–Crippen MR) is 136 cm³/mol. The molecule has 2 aliphatic carbocycles. The zero-order chi connectivity index (χ0) is 25.2. The van der Waals surface area contributed by atoms with Crippen molar-refractivity contribution in [3.05, 3.63) is 46.6 Å². The molecule has 3 N–H and O–H groups in total. The average molecular weight is 496 g/mol. The number of hydrogen-bond donors (Lipinski definition) is 3. The topological polar surface area (TPSA) is 124 Å². The number of nitrogens with zero attached hydrogens (tertiary/aromatic N) is 4. The molecule has 0 radical (unpaired) electrons. The van der Waals surface area contributed by atoms with Crippen LogP contribution in [0.5, 0.6) is 0 Å². The van der Waals surface area contributed by atoms with Crippen LogP contribution >= 0.6 is 0 Å². The minimum absolute atomic E-state index is 0.0241. The average Bonchev–Trinajstić information content (AvgIpc) is 3.32. The smallest absolute Gasteiger partial charge is 0.274 e. The van der Waals surface area contributed by atoms with E-state index in [1.165, 1.54) is 10.7 Å². The lowest BCUT2D eigenvalue weighted by atomic mass is 9.89. The molecule has 2 atom stereocenters. The van der Waals surface area contributed by atoms with Crippen LogP contribution in [0.3, 0.4) is 0 Å². The maximum absolute atomic E-state index is 13.3. The van der Waals surface area contributed by atoms with E-state index in [2.05, 4.69) is 26.0 Å². The summed E-state index contributed by atoms with van der Waals surface area (Å²) in [6.45, 7) is 0. The number of amides is 1. The van der Waals surface area contributed by atoms with Crippen molar-refractivity contribution in [1.29, 1.82) is 0 Å². The number of rotatable bonds is 8. The number of methoxy groups -OCH3 is 2. The maximum Gasteiger partial charge on any atom is 0.274 e. The van der Waals surface area contributed by atoms with E-state index in [1.54, 1.807) is 38.0 Å². The summed E-state index contributed by atoms with van der Waals surface area (Å²) in [4.78, 5) is 30.7. The molecule has 11 heteroatoms. The summed E-state index contributed by atoms with van der Waals surface area (Å²) in [7, 11) is 5.17. The summed E-state index contributed by atoms with van der Waals surface area (Å²) in [5.74, 6) is 0.157. The number of hydrogen-bond acceptors (Lipinski definition) is 8. The molecule has 0 aliphatic heterocycles. The zero-order valence-electron chi connectivity index (χ0n) is 20.9. The van der Waals surface area contributed by atoms with E-state index >= 15 is 0 Å². The molecule has 36 heavy (non-hydrogen) atoms. The standard InChI is InChI=1S/C25H33N7O4/c1-26-19-13-22(28-18-5-4-12-31(25(18)34)15-6-8-16(35-2)9-7-15)30-32-20(14-27-23(19)32)24(33)29-17-10-11-21(17)36-3/h4-5,12-17,21,26H,6-11H2,1-3H3,(H,28,30)(H,29,33)/t15?,16?,17-,21-/m0/s1. The first-order chi connectivity index (χ1) is 17.5. The second-order valence-electron chi connectivity index (χ2n) is 9.43. The van der Waals surface area contributed by atoms with Gasteiger partial charge in [-0.1, -0.05) is 0 Å². The minimum Gasteiger partial charge on any atom is -0.385 e. The molecule has 2 aliphatic rings.